The fraction of sp³-hybridized carbons (Fsp3) is 0.250. The van der Waals surface area contributed by atoms with Crippen molar-refractivity contribution in [2.24, 2.45) is 0 Å². The first-order valence-electron chi connectivity index (χ1n) is 6.52. The molecule has 1 atom stereocenters. The van der Waals surface area contributed by atoms with Gasteiger partial charge in [0.05, 0.1) is 12.0 Å². The van der Waals surface area contributed by atoms with Crippen LogP contribution < -0.4 is 10.1 Å². The number of rotatable bonds is 7. The van der Waals surface area contributed by atoms with Crippen molar-refractivity contribution < 1.29 is 9.84 Å². The fourth-order valence-corrected chi connectivity index (χ4v) is 1.81. The molecular weight excluding hydrogens is 274 g/mol. The zero-order chi connectivity index (χ0) is 14.2. The van der Waals surface area contributed by atoms with Crippen LogP contribution in [0.25, 0.3) is 0 Å². The predicted molar refractivity (Wildman–Crippen MR) is 82.4 cm³/mol. The summed E-state index contributed by atoms with van der Waals surface area (Å²) in [5.74, 6) is 1.04. The molecule has 0 radical (unpaired) electrons. The molecule has 2 aromatic carbocycles. The summed E-state index contributed by atoms with van der Waals surface area (Å²) in [4.78, 5) is 0. The first-order valence-corrected chi connectivity index (χ1v) is 7.06. The smallest absolute Gasteiger partial charge is 0.119 e. The van der Waals surface area contributed by atoms with Crippen LogP contribution in [0.5, 0.6) is 5.75 Å². The normalized spacial score (nSPS) is 11.9. The van der Waals surface area contributed by atoms with Crippen LogP contribution in [-0.4, -0.2) is 23.6 Å². The average molecular weight is 292 g/mol. The van der Waals surface area contributed by atoms with Crippen molar-refractivity contribution in [1.29, 1.82) is 0 Å². The van der Waals surface area contributed by atoms with E-state index in [1.54, 1.807) is 0 Å². The molecule has 0 unspecified atom stereocenters. The van der Waals surface area contributed by atoms with E-state index in [9.17, 15) is 5.11 Å². The van der Waals surface area contributed by atoms with Crippen molar-refractivity contribution in [3.8, 4) is 5.75 Å². The molecule has 0 aliphatic carbocycles. The molecule has 0 saturated carbocycles. The Morgan fingerprint density at radius 1 is 1.05 bits per heavy atom. The number of alkyl halides is 1. The monoisotopic (exact) mass is 291 g/mol. The molecule has 0 heterocycles. The molecule has 2 rings (SSSR count). The van der Waals surface area contributed by atoms with Gasteiger partial charge in [-0.2, -0.15) is 0 Å². The third-order valence-corrected chi connectivity index (χ3v) is 3.18. The molecule has 0 fully saturated rings. The molecule has 0 amide bonds. The number of ether oxygens (including phenoxy) is 1. The highest BCUT2D eigenvalue weighted by molar-refractivity contribution is 6.18. The number of nitrogens with one attached hydrogen (secondary N) is 1. The Kier molecular flexibility index (Phi) is 5.71. The maximum absolute atomic E-state index is 9.36. The van der Waals surface area contributed by atoms with Gasteiger partial charge in [-0.1, -0.05) is 30.3 Å². The van der Waals surface area contributed by atoms with Crippen molar-refractivity contribution in [1.82, 2.24) is 0 Å². The van der Waals surface area contributed by atoms with Crippen molar-refractivity contribution in [3.63, 3.8) is 0 Å². The number of aliphatic hydroxyl groups excluding tert-OH is 1. The van der Waals surface area contributed by atoms with Gasteiger partial charge < -0.3 is 15.2 Å². The van der Waals surface area contributed by atoms with E-state index in [0.717, 1.165) is 17.0 Å². The number of benzene rings is 2. The standard InChI is InChI=1S/C16H18ClNO2/c17-10-15(19)11-18-14-6-8-16(9-7-14)20-12-13-4-2-1-3-5-13/h1-9,15,18-19H,10-12H2/t15-/m0/s1. The molecule has 3 nitrogen and oxygen atoms in total. The predicted octanol–water partition coefficient (Wildman–Crippen LogP) is 3.28. The molecule has 2 N–H and O–H groups in total. The minimum atomic E-state index is -0.536. The molecule has 0 aliphatic rings. The molecule has 106 valence electrons. The maximum Gasteiger partial charge on any atom is 0.119 e. The maximum atomic E-state index is 9.36. The Hall–Kier alpha value is -1.71. The van der Waals surface area contributed by atoms with Crippen LogP contribution in [0.1, 0.15) is 5.56 Å². The highest BCUT2D eigenvalue weighted by Gasteiger charge is 2.01. The number of hydrogen-bond acceptors (Lipinski definition) is 3. The van der Waals surface area contributed by atoms with E-state index >= 15 is 0 Å². The van der Waals surface area contributed by atoms with Crippen molar-refractivity contribution in [3.05, 3.63) is 60.2 Å². The van der Waals surface area contributed by atoms with Gasteiger partial charge in [-0.25, -0.2) is 0 Å². The quantitative estimate of drug-likeness (QED) is 0.769. The number of halogens is 1. The van der Waals surface area contributed by atoms with E-state index in [0.29, 0.717) is 13.2 Å². The highest BCUT2D eigenvalue weighted by atomic mass is 35.5. The minimum absolute atomic E-state index is 0.227. The van der Waals surface area contributed by atoms with Crippen molar-refractivity contribution in [2.75, 3.05) is 17.7 Å². The van der Waals surface area contributed by atoms with E-state index < -0.39 is 6.10 Å². The largest absolute Gasteiger partial charge is 0.489 e. The van der Waals surface area contributed by atoms with Gasteiger partial charge in [-0.3, -0.25) is 0 Å². The lowest BCUT2D eigenvalue weighted by Crippen LogP contribution is -2.20. The van der Waals surface area contributed by atoms with E-state index in [4.69, 9.17) is 16.3 Å². The average Bonchev–Trinajstić information content (AvgIpc) is 2.52. The van der Waals surface area contributed by atoms with E-state index in [2.05, 4.69) is 5.32 Å². The molecule has 0 saturated heterocycles. The van der Waals surface area contributed by atoms with Crippen LogP contribution in [-0.2, 0) is 6.61 Å². The van der Waals surface area contributed by atoms with Gasteiger partial charge in [0.15, 0.2) is 0 Å². The zero-order valence-electron chi connectivity index (χ0n) is 11.1. The van der Waals surface area contributed by atoms with Gasteiger partial charge in [0.2, 0.25) is 0 Å². The van der Waals surface area contributed by atoms with Gasteiger partial charge >= 0.3 is 0 Å². The fourth-order valence-electron chi connectivity index (χ4n) is 1.70. The summed E-state index contributed by atoms with van der Waals surface area (Å²) < 4.78 is 5.70. The van der Waals surface area contributed by atoms with E-state index in [-0.39, 0.29) is 5.88 Å². The summed E-state index contributed by atoms with van der Waals surface area (Å²) in [7, 11) is 0. The third kappa shape index (κ3) is 4.76. The van der Waals surface area contributed by atoms with Gasteiger partial charge in [-0.15, -0.1) is 11.6 Å². The van der Waals surface area contributed by atoms with Crippen LogP contribution >= 0.6 is 11.6 Å². The number of aliphatic hydroxyl groups is 1. The van der Waals surface area contributed by atoms with Crippen molar-refractivity contribution in [2.45, 2.75) is 12.7 Å². The second kappa shape index (κ2) is 7.78. The SMILES string of the molecule is O[C@@H](CCl)CNc1ccc(OCc2ccccc2)cc1. The summed E-state index contributed by atoms with van der Waals surface area (Å²) in [5.41, 5.74) is 2.07. The summed E-state index contributed by atoms with van der Waals surface area (Å²) in [6, 6.07) is 17.7. The van der Waals surface area contributed by atoms with Crippen LogP contribution in [0.3, 0.4) is 0 Å². The van der Waals surface area contributed by atoms with Gasteiger partial charge in [-0.05, 0) is 29.8 Å². The minimum Gasteiger partial charge on any atom is -0.489 e. The molecule has 0 aliphatic heterocycles. The van der Waals surface area contributed by atoms with Crippen LogP contribution in [0.4, 0.5) is 5.69 Å². The molecule has 0 bridgehead atoms. The highest BCUT2D eigenvalue weighted by Crippen LogP contribution is 2.17. The topological polar surface area (TPSA) is 41.5 Å². The lowest BCUT2D eigenvalue weighted by molar-refractivity contribution is 0.211. The Balaban J connectivity index is 1.82. The van der Waals surface area contributed by atoms with Crippen LogP contribution in [0.15, 0.2) is 54.6 Å². The lowest BCUT2D eigenvalue weighted by atomic mass is 10.2. The number of hydrogen-bond donors (Lipinski definition) is 2. The summed E-state index contributed by atoms with van der Waals surface area (Å²) in [5, 5.41) is 12.5. The third-order valence-electron chi connectivity index (χ3n) is 2.82. The Morgan fingerprint density at radius 2 is 1.75 bits per heavy atom. The van der Waals surface area contributed by atoms with E-state index in [1.165, 1.54) is 0 Å². The molecular formula is C16H18ClNO2. The molecule has 0 aromatic heterocycles. The zero-order valence-corrected chi connectivity index (χ0v) is 11.9. The molecule has 4 heteroatoms. The number of anilines is 1. The van der Waals surface area contributed by atoms with Crippen LogP contribution in [0.2, 0.25) is 0 Å². The van der Waals surface area contributed by atoms with Crippen LogP contribution in [0, 0.1) is 0 Å². The molecule has 0 spiro atoms. The first kappa shape index (κ1) is 14.7. The second-order valence-corrected chi connectivity index (χ2v) is 4.80. The summed E-state index contributed by atoms with van der Waals surface area (Å²) >= 11 is 5.53. The summed E-state index contributed by atoms with van der Waals surface area (Å²) in [6.45, 7) is 0.992. The van der Waals surface area contributed by atoms with Gasteiger partial charge in [0, 0.05) is 12.2 Å². The Morgan fingerprint density at radius 3 is 2.40 bits per heavy atom. The Bertz CT molecular complexity index is 502. The Labute approximate surface area is 124 Å². The lowest BCUT2D eigenvalue weighted by Gasteiger charge is -2.11. The summed E-state index contributed by atoms with van der Waals surface area (Å²) in [6.07, 6.45) is -0.536. The molecule has 2 aromatic rings. The molecule has 20 heavy (non-hydrogen) atoms. The van der Waals surface area contributed by atoms with Gasteiger partial charge in [0.1, 0.15) is 12.4 Å². The van der Waals surface area contributed by atoms with Crippen molar-refractivity contribution >= 4 is 17.3 Å². The van der Waals surface area contributed by atoms with Gasteiger partial charge in [0.25, 0.3) is 0 Å². The second-order valence-electron chi connectivity index (χ2n) is 4.49. The first-order chi connectivity index (χ1) is 9.78. The van der Waals surface area contributed by atoms with E-state index in [1.807, 2.05) is 54.6 Å².